The van der Waals surface area contributed by atoms with E-state index in [1.54, 1.807) is 0 Å². The summed E-state index contributed by atoms with van der Waals surface area (Å²) in [5, 5.41) is 16.7. The average molecular weight is 385 g/mol. The summed E-state index contributed by atoms with van der Waals surface area (Å²) in [6, 6.07) is 3.58. The second-order valence-electron chi connectivity index (χ2n) is 6.16. The maximum absolute atomic E-state index is 12.8. The van der Waals surface area contributed by atoms with Crippen LogP contribution in [0, 0.1) is 10.1 Å². The third kappa shape index (κ3) is 3.47. The fourth-order valence-corrected chi connectivity index (χ4v) is 2.95. The molecule has 2 aromatic rings. The number of fused-ring (bicyclic) bond motifs is 2. The average Bonchev–Trinajstić information content (AvgIpc) is 3.21. The predicted octanol–water partition coefficient (Wildman–Crippen LogP) is 2.45. The van der Waals surface area contributed by atoms with Gasteiger partial charge in [-0.05, 0) is 23.1 Å². The Morgan fingerprint density at radius 2 is 2.15 bits per heavy atom. The van der Waals surface area contributed by atoms with Crippen LogP contribution in [0.1, 0.15) is 5.56 Å². The van der Waals surface area contributed by atoms with Gasteiger partial charge in [0.25, 0.3) is 0 Å². The molecule has 0 fully saturated rings. The normalized spacial score (nSPS) is 20.9. The number of hydrogen-bond donors (Lipinski definition) is 2. The van der Waals surface area contributed by atoms with Crippen molar-refractivity contribution >= 4 is 17.2 Å². The van der Waals surface area contributed by atoms with Crippen molar-refractivity contribution in [3.05, 3.63) is 40.1 Å². The number of benzene rings is 1. The van der Waals surface area contributed by atoms with Gasteiger partial charge in [-0.1, -0.05) is 0 Å². The van der Waals surface area contributed by atoms with Crippen LogP contribution in [0.4, 0.5) is 30.4 Å². The van der Waals surface area contributed by atoms with Gasteiger partial charge in [0.05, 0.1) is 30.1 Å². The van der Waals surface area contributed by atoms with Crippen molar-refractivity contribution < 1.29 is 27.6 Å². The van der Waals surface area contributed by atoms with Crippen LogP contribution in [0.3, 0.4) is 0 Å². The molecule has 0 saturated carbocycles. The Morgan fingerprint density at radius 3 is 2.89 bits per heavy atom. The Kier molecular flexibility index (Phi) is 4.06. The van der Waals surface area contributed by atoms with Crippen LogP contribution in [0.2, 0.25) is 0 Å². The van der Waals surface area contributed by atoms with Crippen LogP contribution < -0.4 is 15.4 Å². The Labute approximate surface area is 150 Å². The molecular formula is C15H14F3N5O4. The number of alkyl halides is 3. The molecule has 3 heterocycles. The van der Waals surface area contributed by atoms with Gasteiger partial charge in [-0.15, -0.1) is 0 Å². The van der Waals surface area contributed by atoms with Crippen LogP contribution in [0.15, 0.2) is 24.4 Å². The number of nitro groups is 1. The second kappa shape index (κ2) is 6.30. The summed E-state index contributed by atoms with van der Waals surface area (Å²) in [5.41, 5.74) is 0.182. The third-order valence-electron chi connectivity index (χ3n) is 4.22. The molecule has 2 N–H and O–H groups in total. The highest BCUT2D eigenvalue weighted by molar-refractivity contribution is 5.75. The standard InChI is InChI=1S/C15H14F3N5O4/c16-15(17,18)8-1-2-10-11(3-8)20-12(19-10)7-26-9-4-22-5-13(23(24)25)21-14(22)27-6-9/h1-3,5,9,12,19-20H,4,6-7H2/t9-,12?/m0/s1. The number of hydrogen-bond acceptors (Lipinski definition) is 7. The Bertz CT molecular complexity index is 885. The monoisotopic (exact) mass is 385 g/mol. The van der Waals surface area contributed by atoms with Crippen molar-refractivity contribution in [2.24, 2.45) is 0 Å². The number of ether oxygens (including phenoxy) is 2. The number of imidazole rings is 1. The van der Waals surface area contributed by atoms with E-state index in [0.717, 1.165) is 12.1 Å². The van der Waals surface area contributed by atoms with Crippen molar-refractivity contribution in [3.63, 3.8) is 0 Å². The molecule has 0 amide bonds. The van der Waals surface area contributed by atoms with Gasteiger partial charge in [-0.2, -0.15) is 13.2 Å². The van der Waals surface area contributed by atoms with Crippen LogP contribution in [0.25, 0.3) is 0 Å². The molecule has 0 spiro atoms. The van der Waals surface area contributed by atoms with Crippen molar-refractivity contribution in [2.75, 3.05) is 23.8 Å². The number of nitrogens with one attached hydrogen (secondary N) is 2. The molecule has 1 unspecified atom stereocenters. The second-order valence-corrected chi connectivity index (χ2v) is 6.16. The Hall–Kier alpha value is -3.02. The maximum atomic E-state index is 12.8. The van der Waals surface area contributed by atoms with E-state index in [2.05, 4.69) is 15.6 Å². The SMILES string of the molecule is O=[N+]([O-])c1cn2c(n1)OC[C@@H](OCC1Nc3ccc(C(F)(F)F)cc3N1)C2. The summed E-state index contributed by atoms with van der Waals surface area (Å²) in [7, 11) is 0. The van der Waals surface area contributed by atoms with Crippen LogP contribution in [-0.2, 0) is 17.5 Å². The molecule has 0 radical (unpaired) electrons. The summed E-state index contributed by atoms with van der Waals surface area (Å²) in [6.45, 7) is 0.663. The molecule has 9 nitrogen and oxygen atoms in total. The summed E-state index contributed by atoms with van der Waals surface area (Å²) in [6.07, 6.45) is -3.91. The fraction of sp³-hybridized carbons (Fsp3) is 0.400. The molecule has 2 aliphatic heterocycles. The van der Waals surface area contributed by atoms with Crippen LogP contribution >= 0.6 is 0 Å². The molecule has 144 valence electrons. The summed E-state index contributed by atoms with van der Waals surface area (Å²) in [5.74, 6) is -0.305. The first-order valence-electron chi connectivity index (χ1n) is 8.00. The van der Waals surface area contributed by atoms with E-state index in [0.29, 0.717) is 17.9 Å². The van der Waals surface area contributed by atoms with E-state index < -0.39 is 22.8 Å². The topological polar surface area (TPSA) is 103 Å². The molecule has 0 saturated heterocycles. The van der Waals surface area contributed by atoms with E-state index >= 15 is 0 Å². The highest BCUT2D eigenvalue weighted by atomic mass is 19.4. The molecule has 4 rings (SSSR count). The molecular weight excluding hydrogens is 371 g/mol. The molecule has 2 aliphatic rings. The molecule has 0 aliphatic carbocycles. The van der Waals surface area contributed by atoms with Gasteiger partial charge >= 0.3 is 18.0 Å². The number of nitrogens with zero attached hydrogens (tertiary/aromatic N) is 3. The highest BCUT2D eigenvalue weighted by Crippen LogP contribution is 2.36. The zero-order chi connectivity index (χ0) is 19.2. The summed E-state index contributed by atoms with van der Waals surface area (Å²) >= 11 is 0. The summed E-state index contributed by atoms with van der Waals surface area (Å²) in [4.78, 5) is 13.9. The van der Waals surface area contributed by atoms with Gasteiger partial charge in [0, 0.05) is 4.98 Å². The maximum Gasteiger partial charge on any atom is 0.416 e. The zero-order valence-electron chi connectivity index (χ0n) is 13.7. The van der Waals surface area contributed by atoms with Crippen molar-refractivity contribution in [1.29, 1.82) is 0 Å². The van der Waals surface area contributed by atoms with Crippen molar-refractivity contribution in [2.45, 2.75) is 25.0 Å². The van der Waals surface area contributed by atoms with Gasteiger partial charge in [-0.3, -0.25) is 4.57 Å². The lowest BCUT2D eigenvalue weighted by Gasteiger charge is -2.24. The van der Waals surface area contributed by atoms with Gasteiger partial charge in [0.1, 0.15) is 25.1 Å². The number of aromatic nitrogens is 2. The molecule has 2 atom stereocenters. The lowest BCUT2D eigenvalue weighted by molar-refractivity contribution is -0.389. The fourth-order valence-electron chi connectivity index (χ4n) is 2.95. The Balaban J connectivity index is 1.34. The van der Waals surface area contributed by atoms with Crippen molar-refractivity contribution in [3.8, 4) is 6.01 Å². The van der Waals surface area contributed by atoms with E-state index in [1.807, 2.05) is 0 Å². The van der Waals surface area contributed by atoms with Gasteiger partial charge < -0.3 is 30.2 Å². The number of halogens is 3. The minimum Gasteiger partial charge on any atom is -0.443 e. The third-order valence-corrected chi connectivity index (χ3v) is 4.22. The van der Waals surface area contributed by atoms with Gasteiger partial charge in [0.15, 0.2) is 0 Å². The Morgan fingerprint density at radius 1 is 1.37 bits per heavy atom. The van der Waals surface area contributed by atoms with Gasteiger partial charge in [-0.25, -0.2) is 0 Å². The number of rotatable bonds is 4. The van der Waals surface area contributed by atoms with E-state index in [-0.39, 0.29) is 31.1 Å². The van der Waals surface area contributed by atoms with E-state index in [1.165, 1.54) is 16.8 Å². The molecule has 27 heavy (non-hydrogen) atoms. The van der Waals surface area contributed by atoms with Crippen molar-refractivity contribution in [1.82, 2.24) is 9.55 Å². The van der Waals surface area contributed by atoms with Gasteiger partial charge in [0.2, 0.25) is 0 Å². The predicted molar refractivity (Wildman–Crippen MR) is 86.6 cm³/mol. The molecule has 1 aromatic carbocycles. The lowest BCUT2D eigenvalue weighted by Crippen LogP contribution is -2.37. The quantitative estimate of drug-likeness (QED) is 0.615. The smallest absolute Gasteiger partial charge is 0.416 e. The molecule has 0 bridgehead atoms. The largest absolute Gasteiger partial charge is 0.443 e. The van der Waals surface area contributed by atoms with Crippen LogP contribution in [-0.4, -0.2) is 40.0 Å². The van der Waals surface area contributed by atoms with E-state index in [4.69, 9.17) is 9.47 Å². The minimum absolute atomic E-state index is 0.158. The van der Waals surface area contributed by atoms with E-state index in [9.17, 15) is 23.3 Å². The first-order valence-corrected chi connectivity index (χ1v) is 8.00. The summed E-state index contributed by atoms with van der Waals surface area (Å²) < 4.78 is 50.9. The lowest BCUT2D eigenvalue weighted by atomic mass is 10.2. The zero-order valence-corrected chi connectivity index (χ0v) is 13.7. The first-order chi connectivity index (χ1) is 12.8. The van der Waals surface area contributed by atoms with Crippen LogP contribution in [0.5, 0.6) is 6.01 Å². The molecule has 12 heteroatoms. The highest BCUT2D eigenvalue weighted by Gasteiger charge is 2.33. The molecule has 1 aromatic heterocycles. The minimum atomic E-state index is -4.41. The number of anilines is 2. The first kappa shape index (κ1) is 17.4.